The van der Waals surface area contributed by atoms with Gasteiger partial charge in [0.15, 0.2) is 0 Å². The summed E-state index contributed by atoms with van der Waals surface area (Å²) >= 11 is 14.0. The fourth-order valence-corrected chi connectivity index (χ4v) is 3.14. The first-order chi connectivity index (χ1) is 9.22. The molecular formula is C14H14Cl2N2S. The van der Waals surface area contributed by atoms with E-state index in [0.29, 0.717) is 10.0 Å². The molecule has 0 aliphatic rings. The average molecular weight is 313 g/mol. The van der Waals surface area contributed by atoms with E-state index < -0.39 is 0 Å². The number of rotatable bonds is 5. The van der Waals surface area contributed by atoms with Gasteiger partial charge in [0.2, 0.25) is 0 Å². The zero-order chi connectivity index (χ0) is 13.7. The minimum atomic E-state index is -0.0450. The maximum Gasteiger partial charge on any atom is 0.0640 e. The Morgan fingerprint density at radius 1 is 1.05 bits per heavy atom. The summed E-state index contributed by atoms with van der Waals surface area (Å²) in [6.07, 6.45) is 0. The average Bonchev–Trinajstić information content (AvgIpc) is 2.45. The van der Waals surface area contributed by atoms with Gasteiger partial charge in [-0.1, -0.05) is 53.5 Å². The van der Waals surface area contributed by atoms with Crippen LogP contribution in [0, 0.1) is 0 Å². The maximum absolute atomic E-state index is 6.21. The maximum atomic E-state index is 6.21. The third kappa shape index (κ3) is 3.88. The molecule has 0 saturated carbocycles. The standard InChI is InChI=1S/C14H14Cl2N2S/c15-12-8-4-7-11(14(12)16)13(18-17)9-19-10-5-2-1-3-6-10/h1-8,13,18H,9,17H2. The van der Waals surface area contributed by atoms with E-state index in [1.54, 1.807) is 17.8 Å². The Morgan fingerprint density at radius 3 is 2.47 bits per heavy atom. The highest BCUT2D eigenvalue weighted by molar-refractivity contribution is 7.99. The van der Waals surface area contributed by atoms with Crippen molar-refractivity contribution in [3.8, 4) is 0 Å². The molecule has 2 nitrogen and oxygen atoms in total. The third-order valence-corrected chi connectivity index (χ3v) is 4.66. The summed E-state index contributed by atoms with van der Waals surface area (Å²) in [5.41, 5.74) is 3.71. The van der Waals surface area contributed by atoms with Gasteiger partial charge < -0.3 is 0 Å². The summed E-state index contributed by atoms with van der Waals surface area (Å²) in [6, 6.07) is 15.7. The molecule has 0 aliphatic carbocycles. The molecule has 0 bridgehead atoms. The lowest BCUT2D eigenvalue weighted by Crippen LogP contribution is -2.29. The first-order valence-corrected chi connectivity index (χ1v) is 7.54. The fraction of sp³-hybridized carbons (Fsp3) is 0.143. The first-order valence-electron chi connectivity index (χ1n) is 5.80. The molecule has 0 saturated heterocycles. The van der Waals surface area contributed by atoms with Crippen LogP contribution in [-0.2, 0) is 0 Å². The molecule has 2 rings (SSSR count). The summed E-state index contributed by atoms with van der Waals surface area (Å²) in [7, 11) is 0. The van der Waals surface area contributed by atoms with Crippen molar-refractivity contribution >= 4 is 35.0 Å². The van der Waals surface area contributed by atoms with E-state index in [1.165, 1.54) is 4.90 Å². The van der Waals surface area contributed by atoms with Crippen molar-refractivity contribution in [1.29, 1.82) is 0 Å². The molecule has 0 amide bonds. The number of hydrogen-bond donors (Lipinski definition) is 2. The van der Waals surface area contributed by atoms with Crippen LogP contribution in [0.3, 0.4) is 0 Å². The minimum Gasteiger partial charge on any atom is -0.271 e. The monoisotopic (exact) mass is 312 g/mol. The molecule has 0 aromatic heterocycles. The summed E-state index contributed by atoms with van der Waals surface area (Å²) in [5.74, 6) is 6.40. The second-order valence-corrected chi connectivity index (χ2v) is 5.86. The lowest BCUT2D eigenvalue weighted by Gasteiger charge is -2.17. The molecule has 0 heterocycles. The van der Waals surface area contributed by atoms with Crippen LogP contribution in [0.5, 0.6) is 0 Å². The Kier molecular flexibility index (Phi) is 5.55. The first kappa shape index (κ1) is 14.7. The second-order valence-electron chi connectivity index (χ2n) is 3.99. The predicted molar refractivity (Wildman–Crippen MR) is 83.7 cm³/mol. The molecule has 0 fully saturated rings. The topological polar surface area (TPSA) is 38.0 Å². The van der Waals surface area contributed by atoms with Crippen LogP contribution < -0.4 is 11.3 Å². The van der Waals surface area contributed by atoms with Crippen molar-refractivity contribution in [3.63, 3.8) is 0 Å². The molecule has 1 atom stereocenters. The van der Waals surface area contributed by atoms with Crippen LogP contribution in [0.1, 0.15) is 11.6 Å². The molecule has 1 unspecified atom stereocenters. The van der Waals surface area contributed by atoms with Crippen LogP contribution in [0.4, 0.5) is 0 Å². The summed E-state index contributed by atoms with van der Waals surface area (Å²) < 4.78 is 0. The Morgan fingerprint density at radius 2 is 1.79 bits per heavy atom. The lowest BCUT2D eigenvalue weighted by molar-refractivity contribution is 0.611. The van der Waals surface area contributed by atoms with Crippen molar-refractivity contribution in [2.24, 2.45) is 5.84 Å². The van der Waals surface area contributed by atoms with Crippen molar-refractivity contribution in [2.45, 2.75) is 10.9 Å². The predicted octanol–water partition coefficient (Wildman–Crippen LogP) is 4.29. The van der Waals surface area contributed by atoms with Crippen LogP contribution in [0.25, 0.3) is 0 Å². The van der Waals surface area contributed by atoms with E-state index in [-0.39, 0.29) is 6.04 Å². The van der Waals surface area contributed by atoms with Gasteiger partial charge in [0.05, 0.1) is 16.1 Å². The van der Waals surface area contributed by atoms with E-state index in [4.69, 9.17) is 29.0 Å². The lowest BCUT2D eigenvalue weighted by atomic mass is 10.1. The van der Waals surface area contributed by atoms with Gasteiger partial charge in [-0.15, -0.1) is 11.8 Å². The highest BCUT2D eigenvalue weighted by atomic mass is 35.5. The van der Waals surface area contributed by atoms with Crippen molar-refractivity contribution in [3.05, 3.63) is 64.1 Å². The molecule has 19 heavy (non-hydrogen) atoms. The molecule has 2 aromatic rings. The zero-order valence-electron chi connectivity index (χ0n) is 10.1. The Labute approximate surface area is 127 Å². The number of hydrazine groups is 1. The van der Waals surface area contributed by atoms with Gasteiger partial charge in [-0.2, -0.15) is 0 Å². The van der Waals surface area contributed by atoms with Gasteiger partial charge in [-0.25, -0.2) is 0 Å². The largest absolute Gasteiger partial charge is 0.271 e. The van der Waals surface area contributed by atoms with Crippen LogP contribution in [0.15, 0.2) is 53.4 Å². The van der Waals surface area contributed by atoms with Gasteiger partial charge >= 0.3 is 0 Å². The van der Waals surface area contributed by atoms with E-state index in [0.717, 1.165) is 11.3 Å². The Bertz CT molecular complexity index is 534. The molecule has 3 N–H and O–H groups in total. The summed E-state index contributed by atoms with van der Waals surface area (Å²) in [4.78, 5) is 1.20. The van der Waals surface area contributed by atoms with E-state index in [9.17, 15) is 0 Å². The Balaban J connectivity index is 2.10. The normalized spacial score (nSPS) is 12.4. The highest BCUT2D eigenvalue weighted by Gasteiger charge is 2.15. The van der Waals surface area contributed by atoms with Crippen molar-refractivity contribution in [1.82, 2.24) is 5.43 Å². The molecular weight excluding hydrogens is 299 g/mol. The molecule has 0 aliphatic heterocycles. The summed E-state index contributed by atoms with van der Waals surface area (Å²) in [5, 5.41) is 1.10. The van der Waals surface area contributed by atoms with Gasteiger partial charge in [-0.05, 0) is 23.8 Å². The van der Waals surface area contributed by atoms with Gasteiger partial charge in [0.1, 0.15) is 0 Å². The number of thioether (sulfide) groups is 1. The van der Waals surface area contributed by atoms with E-state index in [2.05, 4.69) is 17.6 Å². The smallest absolute Gasteiger partial charge is 0.0640 e. The number of nitrogens with one attached hydrogen (secondary N) is 1. The van der Waals surface area contributed by atoms with Crippen LogP contribution in [-0.4, -0.2) is 5.75 Å². The SMILES string of the molecule is NNC(CSc1ccccc1)c1cccc(Cl)c1Cl. The van der Waals surface area contributed by atoms with Crippen molar-refractivity contribution in [2.75, 3.05) is 5.75 Å². The number of benzene rings is 2. The van der Waals surface area contributed by atoms with E-state index >= 15 is 0 Å². The summed E-state index contributed by atoms with van der Waals surface area (Å²) in [6.45, 7) is 0. The highest BCUT2D eigenvalue weighted by Crippen LogP contribution is 2.32. The van der Waals surface area contributed by atoms with Gasteiger partial charge in [0.25, 0.3) is 0 Å². The van der Waals surface area contributed by atoms with Gasteiger partial charge in [-0.3, -0.25) is 11.3 Å². The van der Waals surface area contributed by atoms with Crippen molar-refractivity contribution < 1.29 is 0 Å². The molecule has 0 spiro atoms. The molecule has 5 heteroatoms. The number of nitrogens with two attached hydrogens (primary N) is 1. The molecule has 2 aromatic carbocycles. The third-order valence-electron chi connectivity index (χ3n) is 2.72. The van der Waals surface area contributed by atoms with Crippen LogP contribution >= 0.6 is 35.0 Å². The van der Waals surface area contributed by atoms with E-state index in [1.807, 2.05) is 30.3 Å². The molecule has 0 radical (unpaired) electrons. The molecule has 100 valence electrons. The van der Waals surface area contributed by atoms with Crippen LogP contribution in [0.2, 0.25) is 10.0 Å². The zero-order valence-corrected chi connectivity index (χ0v) is 12.5. The fourth-order valence-electron chi connectivity index (χ4n) is 1.71. The van der Waals surface area contributed by atoms with Gasteiger partial charge in [0, 0.05) is 10.6 Å². The minimum absolute atomic E-state index is 0.0450. The number of halogens is 2. The quantitative estimate of drug-likeness (QED) is 0.491. The second kappa shape index (κ2) is 7.17. The Hall–Kier alpha value is -0.710. The number of hydrogen-bond acceptors (Lipinski definition) is 3.